The fraction of sp³-hybridized carbons (Fsp3) is 0.556. The van der Waals surface area contributed by atoms with Crippen LogP contribution in [-0.4, -0.2) is 59.3 Å². The summed E-state index contributed by atoms with van der Waals surface area (Å²) in [4.78, 5) is 13.7. The Morgan fingerprint density at radius 2 is 2.04 bits per heavy atom. The number of hydrogen-bond donors (Lipinski definition) is 1. The predicted octanol–water partition coefficient (Wildman–Crippen LogP) is 2.22. The molecule has 2 heterocycles. The molecule has 1 aromatic carbocycles. The van der Waals surface area contributed by atoms with Crippen LogP contribution in [0.4, 0.5) is 5.82 Å². The normalized spacial score (nSPS) is 16.4. The molecule has 2 aromatic rings. The highest BCUT2D eigenvalue weighted by molar-refractivity contribution is 5.89. The van der Waals surface area contributed by atoms with E-state index in [-0.39, 0.29) is 6.61 Å². The molecule has 0 aliphatic carbocycles. The molecule has 1 saturated heterocycles. The fourth-order valence-electron chi connectivity index (χ4n) is 3.43. The van der Waals surface area contributed by atoms with Crippen molar-refractivity contribution in [1.29, 1.82) is 0 Å². The molecule has 0 amide bonds. The third kappa shape index (κ3) is 3.62. The fourth-order valence-corrected chi connectivity index (χ4v) is 3.43. The maximum atomic E-state index is 8.98. The van der Waals surface area contributed by atoms with E-state index >= 15 is 0 Å². The molecule has 5 heteroatoms. The van der Waals surface area contributed by atoms with E-state index in [1.807, 2.05) is 0 Å². The van der Waals surface area contributed by atoms with Crippen molar-refractivity contribution in [2.24, 2.45) is 0 Å². The number of hydrogen-bond acceptors (Lipinski definition) is 5. The largest absolute Gasteiger partial charge is 0.396 e. The molecule has 0 bridgehead atoms. The molecular weight excluding hydrogens is 288 g/mol. The number of aliphatic hydroxyl groups excluding tert-OH is 1. The second-order valence-corrected chi connectivity index (χ2v) is 6.49. The van der Waals surface area contributed by atoms with Gasteiger partial charge in [0.2, 0.25) is 0 Å². The number of piperidine rings is 1. The van der Waals surface area contributed by atoms with E-state index in [0.717, 1.165) is 55.6 Å². The summed E-state index contributed by atoms with van der Waals surface area (Å²) in [5.74, 6) is 1.06. The van der Waals surface area contributed by atoms with E-state index in [0.29, 0.717) is 6.04 Å². The quantitative estimate of drug-likeness (QED) is 0.917. The van der Waals surface area contributed by atoms with E-state index in [2.05, 4.69) is 51.9 Å². The maximum Gasteiger partial charge on any atom is 0.139 e. The number of aromatic nitrogens is 2. The summed E-state index contributed by atoms with van der Waals surface area (Å²) in [6.45, 7) is 5.40. The van der Waals surface area contributed by atoms with Gasteiger partial charge in [-0.25, -0.2) is 9.97 Å². The van der Waals surface area contributed by atoms with Gasteiger partial charge in [0.25, 0.3) is 0 Å². The van der Waals surface area contributed by atoms with E-state index in [4.69, 9.17) is 5.11 Å². The van der Waals surface area contributed by atoms with Gasteiger partial charge in [0.05, 0.1) is 5.52 Å². The zero-order valence-corrected chi connectivity index (χ0v) is 14.1. The highest BCUT2D eigenvalue weighted by atomic mass is 16.3. The van der Waals surface area contributed by atoms with Crippen molar-refractivity contribution >= 4 is 16.7 Å². The zero-order valence-electron chi connectivity index (χ0n) is 14.1. The zero-order chi connectivity index (χ0) is 16.2. The average Bonchev–Trinajstić information content (AvgIpc) is 2.59. The third-order valence-electron chi connectivity index (χ3n) is 4.83. The van der Waals surface area contributed by atoms with Gasteiger partial charge in [-0.3, -0.25) is 0 Å². The van der Waals surface area contributed by atoms with Gasteiger partial charge in [-0.15, -0.1) is 0 Å². The number of nitrogens with zero attached hydrogens (tertiary/aromatic N) is 4. The molecule has 23 heavy (non-hydrogen) atoms. The maximum absolute atomic E-state index is 8.98. The topological polar surface area (TPSA) is 52.5 Å². The number of anilines is 1. The van der Waals surface area contributed by atoms with Crippen molar-refractivity contribution in [2.75, 3.05) is 38.2 Å². The lowest BCUT2D eigenvalue weighted by atomic mass is 10.0. The Balaban J connectivity index is 1.72. The van der Waals surface area contributed by atoms with Crippen molar-refractivity contribution in [1.82, 2.24) is 14.9 Å². The number of aryl methyl sites for hydroxylation is 1. The van der Waals surface area contributed by atoms with Crippen molar-refractivity contribution < 1.29 is 5.11 Å². The summed E-state index contributed by atoms with van der Waals surface area (Å²) < 4.78 is 0. The van der Waals surface area contributed by atoms with Crippen LogP contribution >= 0.6 is 0 Å². The lowest BCUT2D eigenvalue weighted by Gasteiger charge is -2.37. The van der Waals surface area contributed by atoms with Gasteiger partial charge in [-0.05, 0) is 45.4 Å². The highest BCUT2D eigenvalue weighted by Gasteiger charge is 2.24. The second-order valence-electron chi connectivity index (χ2n) is 6.49. The number of benzene rings is 1. The second kappa shape index (κ2) is 7.23. The first-order valence-corrected chi connectivity index (χ1v) is 8.46. The van der Waals surface area contributed by atoms with Crippen molar-refractivity contribution in [3.8, 4) is 0 Å². The van der Waals surface area contributed by atoms with Gasteiger partial charge >= 0.3 is 0 Å². The van der Waals surface area contributed by atoms with Gasteiger partial charge in [0, 0.05) is 37.7 Å². The van der Waals surface area contributed by atoms with Crippen molar-refractivity contribution in [3.63, 3.8) is 0 Å². The van der Waals surface area contributed by atoms with Gasteiger partial charge < -0.3 is 14.9 Å². The minimum absolute atomic E-state index is 0.273. The molecule has 0 spiro atoms. The monoisotopic (exact) mass is 314 g/mol. The van der Waals surface area contributed by atoms with Crippen LogP contribution in [0.3, 0.4) is 0 Å². The van der Waals surface area contributed by atoms with Gasteiger partial charge in [0.1, 0.15) is 12.1 Å². The molecule has 1 N–H and O–H groups in total. The first-order valence-electron chi connectivity index (χ1n) is 8.46. The van der Waals surface area contributed by atoms with Gasteiger partial charge in [-0.1, -0.05) is 11.6 Å². The Hall–Kier alpha value is -1.72. The predicted molar refractivity (Wildman–Crippen MR) is 93.8 cm³/mol. The van der Waals surface area contributed by atoms with Crippen LogP contribution in [0.15, 0.2) is 24.5 Å². The van der Waals surface area contributed by atoms with E-state index in [1.54, 1.807) is 6.33 Å². The van der Waals surface area contributed by atoms with Gasteiger partial charge in [0.15, 0.2) is 0 Å². The van der Waals surface area contributed by atoms with Crippen LogP contribution in [0.2, 0.25) is 0 Å². The Morgan fingerprint density at radius 1 is 1.26 bits per heavy atom. The highest BCUT2D eigenvalue weighted by Crippen LogP contribution is 2.27. The van der Waals surface area contributed by atoms with Crippen LogP contribution in [0, 0.1) is 6.92 Å². The van der Waals surface area contributed by atoms with Crippen molar-refractivity contribution in [3.05, 3.63) is 30.1 Å². The molecule has 1 aliphatic heterocycles. The summed E-state index contributed by atoms with van der Waals surface area (Å²) in [7, 11) is 2.17. The number of rotatable bonds is 5. The molecule has 0 saturated carbocycles. The molecule has 1 aromatic heterocycles. The summed E-state index contributed by atoms with van der Waals surface area (Å²) in [5, 5.41) is 10.1. The van der Waals surface area contributed by atoms with Gasteiger partial charge in [-0.2, -0.15) is 0 Å². The van der Waals surface area contributed by atoms with Crippen LogP contribution in [0.25, 0.3) is 10.9 Å². The minimum atomic E-state index is 0.273. The minimum Gasteiger partial charge on any atom is -0.396 e. The van der Waals surface area contributed by atoms with E-state index in [9.17, 15) is 0 Å². The van der Waals surface area contributed by atoms with Crippen LogP contribution in [0.1, 0.15) is 24.8 Å². The van der Waals surface area contributed by atoms with E-state index < -0.39 is 0 Å². The first kappa shape index (κ1) is 16.1. The van der Waals surface area contributed by atoms with Crippen molar-refractivity contribution in [2.45, 2.75) is 32.2 Å². The first-order chi connectivity index (χ1) is 11.2. The molecular formula is C18H26N4O. The summed E-state index contributed by atoms with van der Waals surface area (Å²) >= 11 is 0. The van der Waals surface area contributed by atoms with Crippen LogP contribution in [0.5, 0.6) is 0 Å². The molecule has 1 aliphatic rings. The lowest BCUT2D eigenvalue weighted by Crippen LogP contribution is -2.44. The molecule has 5 nitrogen and oxygen atoms in total. The molecule has 1 fully saturated rings. The average molecular weight is 314 g/mol. The summed E-state index contributed by atoms with van der Waals surface area (Å²) in [6, 6.07) is 6.96. The Bertz CT molecular complexity index is 653. The summed E-state index contributed by atoms with van der Waals surface area (Å²) in [6.07, 6.45) is 4.80. The number of aliphatic hydroxyl groups is 1. The number of fused-ring (bicyclic) bond motifs is 1. The molecule has 0 atom stereocenters. The Morgan fingerprint density at radius 3 is 2.78 bits per heavy atom. The molecule has 0 unspecified atom stereocenters. The smallest absolute Gasteiger partial charge is 0.139 e. The molecule has 0 radical (unpaired) electrons. The third-order valence-corrected chi connectivity index (χ3v) is 4.83. The Kier molecular flexibility index (Phi) is 5.08. The summed E-state index contributed by atoms with van der Waals surface area (Å²) in [5.41, 5.74) is 2.26. The molecule has 3 rings (SSSR count). The molecule has 124 valence electrons. The standard InChI is InChI=1S/C18H26N4O/c1-14-4-5-17-16(12-14)18(20-13-19-17)22-9-6-15(7-10-22)21(2)8-3-11-23/h4-5,12-13,15,23H,3,6-11H2,1-2H3. The Labute approximate surface area is 138 Å². The SMILES string of the molecule is Cc1ccc2ncnc(N3CCC(N(C)CCCO)CC3)c2c1. The van der Waals surface area contributed by atoms with E-state index in [1.165, 1.54) is 5.56 Å². The lowest BCUT2D eigenvalue weighted by molar-refractivity contribution is 0.184. The van der Waals surface area contributed by atoms with Crippen LogP contribution < -0.4 is 4.90 Å². The van der Waals surface area contributed by atoms with Crippen LogP contribution in [-0.2, 0) is 0 Å².